The van der Waals surface area contributed by atoms with Gasteiger partial charge < -0.3 is 24.5 Å². The van der Waals surface area contributed by atoms with Crippen LogP contribution in [0.4, 0.5) is 0 Å². The number of furan rings is 1. The second-order valence-electron chi connectivity index (χ2n) is 5.32. The molecule has 1 aromatic heterocycles. The summed E-state index contributed by atoms with van der Waals surface area (Å²) in [5, 5.41) is 29.4. The Kier molecular flexibility index (Phi) is 4.12. The lowest BCUT2D eigenvalue weighted by Gasteiger charge is -2.09. The van der Waals surface area contributed by atoms with E-state index in [1.54, 1.807) is 6.07 Å². The Balaban J connectivity index is 2.05. The second kappa shape index (κ2) is 6.22. The first-order chi connectivity index (χ1) is 11.1. The monoisotopic (exact) mass is 314 g/mol. The number of phenolic OH excluding ortho intramolecular Hbond substituents is 2. The maximum atomic E-state index is 9.92. The van der Waals surface area contributed by atoms with Crippen molar-refractivity contribution in [2.45, 2.75) is 12.8 Å². The van der Waals surface area contributed by atoms with E-state index in [4.69, 9.17) is 14.3 Å². The first-order valence-corrected chi connectivity index (χ1v) is 7.36. The molecule has 0 radical (unpaired) electrons. The van der Waals surface area contributed by atoms with Gasteiger partial charge in [-0.15, -0.1) is 0 Å². The van der Waals surface area contributed by atoms with Gasteiger partial charge in [0.15, 0.2) is 11.5 Å². The summed E-state index contributed by atoms with van der Waals surface area (Å²) in [6.45, 7) is 0.165. The molecule has 0 unspecified atom stereocenters. The van der Waals surface area contributed by atoms with Crippen molar-refractivity contribution < 1.29 is 24.5 Å². The fourth-order valence-corrected chi connectivity index (χ4v) is 2.63. The molecule has 3 aromatic rings. The number of aliphatic hydroxyl groups excluding tert-OH is 1. The predicted octanol–water partition coefficient (Wildman–Crippen LogP) is 3.44. The van der Waals surface area contributed by atoms with Crippen LogP contribution in [0.1, 0.15) is 12.0 Å². The van der Waals surface area contributed by atoms with Gasteiger partial charge in [-0.05, 0) is 48.7 Å². The molecular formula is C18H18O5. The van der Waals surface area contributed by atoms with Crippen LogP contribution in [0.15, 0.2) is 40.8 Å². The van der Waals surface area contributed by atoms with Gasteiger partial charge in [0.2, 0.25) is 5.75 Å². The standard InChI is InChI=1S/C18H18O5/c1-22-18-13(5-6-14(20)17(18)21)16-10-12-9-11(3-2-8-19)4-7-15(12)23-16/h4-7,9-10,19-21H,2-3,8H2,1H3. The van der Waals surface area contributed by atoms with Crippen molar-refractivity contribution in [1.29, 1.82) is 0 Å². The molecule has 0 spiro atoms. The minimum absolute atomic E-state index is 0.165. The van der Waals surface area contributed by atoms with Gasteiger partial charge in [0, 0.05) is 12.0 Å². The molecule has 0 fully saturated rings. The van der Waals surface area contributed by atoms with Gasteiger partial charge in [0.1, 0.15) is 11.3 Å². The number of aliphatic hydroxyl groups is 1. The highest BCUT2D eigenvalue weighted by Gasteiger charge is 2.17. The number of ether oxygens (including phenoxy) is 1. The average Bonchev–Trinajstić information content (AvgIpc) is 2.98. The first kappa shape index (κ1) is 15.2. The van der Waals surface area contributed by atoms with E-state index in [0.29, 0.717) is 11.3 Å². The van der Waals surface area contributed by atoms with Gasteiger partial charge >= 0.3 is 0 Å². The van der Waals surface area contributed by atoms with Crippen LogP contribution < -0.4 is 4.74 Å². The van der Waals surface area contributed by atoms with Crippen LogP contribution >= 0.6 is 0 Å². The smallest absolute Gasteiger partial charge is 0.201 e. The molecule has 0 aliphatic heterocycles. The van der Waals surface area contributed by atoms with Crippen molar-refractivity contribution in [1.82, 2.24) is 0 Å². The van der Waals surface area contributed by atoms with E-state index >= 15 is 0 Å². The third-order valence-corrected chi connectivity index (χ3v) is 3.78. The van der Waals surface area contributed by atoms with Gasteiger partial charge in [-0.1, -0.05) is 6.07 Å². The van der Waals surface area contributed by atoms with Crippen molar-refractivity contribution in [3.63, 3.8) is 0 Å². The highest BCUT2D eigenvalue weighted by atomic mass is 16.5. The third-order valence-electron chi connectivity index (χ3n) is 3.78. The molecule has 23 heavy (non-hydrogen) atoms. The zero-order valence-electron chi connectivity index (χ0n) is 12.7. The van der Waals surface area contributed by atoms with Crippen LogP contribution in [-0.2, 0) is 6.42 Å². The van der Waals surface area contributed by atoms with Gasteiger partial charge in [-0.2, -0.15) is 0 Å². The van der Waals surface area contributed by atoms with Crippen molar-refractivity contribution in [2.75, 3.05) is 13.7 Å². The summed E-state index contributed by atoms with van der Waals surface area (Å²) in [7, 11) is 1.42. The van der Waals surface area contributed by atoms with E-state index in [2.05, 4.69) is 0 Å². The van der Waals surface area contributed by atoms with Crippen molar-refractivity contribution in [3.05, 3.63) is 42.0 Å². The highest BCUT2D eigenvalue weighted by Crippen LogP contribution is 2.44. The van der Waals surface area contributed by atoms with Gasteiger partial charge in [0.05, 0.1) is 12.7 Å². The minimum atomic E-state index is -0.311. The molecule has 0 aliphatic rings. The number of aryl methyl sites for hydroxylation is 1. The maximum absolute atomic E-state index is 9.92. The third kappa shape index (κ3) is 2.83. The lowest BCUT2D eigenvalue weighted by Crippen LogP contribution is -1.88. The Morgan fingerprint density at radius 2 is 1.91 bits per heavy atom. The Labute approximate surface area is 133 Å². The number of rotatable bonds is 5. The van der Waals surface area contributed by atoms with Crippen molar-refractivity contribution >= 4 is 11.0 Å². The van der Waals surface area contributed by atoms with Crippen molar-refractivity contribution in [3.8, 4) is 28.6 Å². The van der Waals surface area contributed by atoms with Crippen LogP contribution in [0, 0.1) is 0 Å². The molecule has 2 aromatic carbocycles. The molecule has 0 saturated heterocycles. The molecule has 0 atom stereocenters. The SMILES string of the molecule is COc1c(-c2cc3cc(CCCO)ccc3o2)ccc(O)c1O. The van der Waals surface area contributed by atoms with E-state index in [0.717, 1.165) is 29.4 Å². The number of hydrogen-bond acceptors (Lipinski definition) is 5. The topological polar surface area (TPSA) is 83.1 Å². The fourth-order valence-electron chi connectivity index (χ4n) is 2.63. The Morgan fingerprint density at radius 3 is 2.65 bits per heavy atom. The number of phenols is 2. The van der Waals surface area contributed by atoms with E-state index in [1.807, 2.05) is 24.3 Å². The quantitative estimate of drug-likeness (QED) is 0.628. The maximum Gasteiger partial charge on any atom is 0.201 e. The van der Waals surface area contributed by atoms with Gasteiger partial charge in [0.25, 0.3) is 0 Å². The molecule has 0 aliphatic carbocycles. The lowest BCUT2D eigenvalue weighted by molar-refractivity contribution is 0.288. The normalized spacial score (nSPS) is 11.0. The number of hydrogen-bond donors (Lipinski definition) is 3. The second-order valence-corrected chi connectivity index (χ2v) is 5.32. The first-order valence-electron chi connectivity index (χ1n) is 7.36. The minimum Gasteiger partial charge on any atom is -0.504 e. The highest BCUT2D eigenvalue weighted by molar-refractivity contribution is 5.85. The molecule has 0 saturated carbocycles. The van der Waals surface area contributed by atoms with Gasteiger partial charge in [-0.3, -0.25) is 0 Å². The number of aromatic hydroxyl groups is 2. The molecule has 0 bridgehead atoms. The number of methoxy groups -OCH3 is 1. The molecule has 120 valence electrons. The summed E-state index contributed by atoms with van der Waals surface area (Å²) in [6, 6.07) is 10.8. The van der Waals surface area contributed by atoms with E-state index in [1.165, 1.54) is 13.2 Å². The number of fused-ring (bicyclic) bond motifs is 1. The Hall–Kier alpha value is -2.66. The van der Waals surface area contributed by atoms with Crippen molar-refractivity contribution in [2.24, 2.45) is 0 Å². The van der Waals surface area contributed by atoms with Crippen LogP contribution in [0.25, 0.3) is 22.3 Å². The van der Waals surface area contributed by atoms with Crippen LogP contribution in [-0.4, -0.2) is 29.0 Å². The predicted molar refractivity (Wildman–Crippen MR) is 86.9 cm³/mol. The van der Waals surface area contributed by atoms with E-state index in [9.17, 15) is 10.2 Å². The van der Waals surface area contributed by atoms with Gasteiger partial charge in [-0.25, -0.2) is 0 Å². The molecule has 3 N–H and O–H groups in total. The molecule has 0 amide bonds. The largest absolute Gasteiger partial charge is 0.504 e. The summed E-state index contributed by atoms with van der Waals surface area (Å²) in [6.07, 6.45) is 1.52. The lowest BCUT2D eigenvalue weighted by atomic mass is 10.1. The molecular weight excluding hydrogens is 296 g/mol. The Morgan fingerprint density at radius 1 is 1.09 bits per heavy atom. The van der Waals surface area contributed by atoms with E-state index in [-0.39, 0.29) is 23.9 Å². The molecule has 5 nitrogen and oxygen atoms in total. The average molecular weight is 314 g/mol. The molecule has 3 rings (SSSR count). The van der Waals surface area contributed by atoms with E-state index < -0.39 is 0 Å². The summed E-state index contributed by atoms with van der Waals surface area (Å²) in [5.41, 5.74) is 2.41. The number of benzene rings is 2. The summed E-state index contributed by atoms with van der Waals surface area (Å²) in [4.78, 5) is 0. The molecule has 1 heterocycles. The fraction of sp³-hybridized carbons (Fsp3) is 0.222. The Bertz CT molecular complexity index is 835. The summed E-state index contributed by atoms with van der Waals surface area (Å²) in [5.74, 6) is 0.165. The molecule has 5 heteroatoms. The van der Waals surface area contributed by atoms with Crippen LogP contribution in [0.3, 0.4) is 0 Å². The summed E-state index contributed by atoms with van der Waals surface area (Å²) < 4.78 is 11.0. The zero-order valence-corrected chi connectivity index (χ0v) is 12.7. The van der Waals surface area contributed by atoms with Crippen LogP contribution in [0.2, 0.25) is 0 Å². The zero-order chi connectivity index (χ0) is 16.4. The van der Waals surface area contributed by atoms with Crippen LogP contribution in [0.5, 0.6) is 17.2 Å². The summed E-state index contributed by atoms with van der Waals surface area (Å²) >= 11 is 0.